The Morgan fingerprint density at radius 3 is 2.26 bits per heavy atom. The Labute approximate surface area is 123 Å². The van der Waals surface area contributed by atoms with Crippen LogP contribution in [0.3, 0.4) is 0 Å². The van der Waals surface area contributed by atoms with Crippen molar-refractivity contribution in [2.45, 2.75) is 56.2 Å². The van der Waals surface area contributed by atoms with Crippen molar-refractivity contribution in [1.29, 1.82) is 0 Å². The van der Waals surface area contributed by atoms with Crippen LogP contribution in [0.15, 0.2) is 4.34 Å². The monoisotopic (exact) mass is 294 g/mol. The molecule has 2 nitrogen and oxygen atoms in total. The first kappa shape index (κ1) is 12.6. The van der Waals surface area contributed by atoms with Crippen molar-refractivity contribution in [3.63, 3.8) is 0 Å². The molecule has 4 heteroatoms. The topological polar surface area (TPSA) is 25.8 Å². The van der Waals surface area contributed by atoms with Gasteiger partial charge in [0.15, 0.2) is 4.34 Å². The molecule has 0 unspecified atom stereocenters. The number of hydrogen-bond acceptors (Lipinski definition) is 4. The standard InChI is InChI=1S/C15H22N2S2/c1-10-16-17-14(19-10)18-3-2-15-7-11-4-12(8-15)6-13(5-11)9-15/h11-13H,2-9H2,1H3. The number of aryl methyl sites for hydroxylation is 1. The van der Waals surface area contributed by atoms with E-state index in [0.29, 0.717) is 0 Å². The maximum atomic E-state index is 4.23. The summed E-state index contributed by atoms with van der Waals surface area (Å²) in [7, 11) is 0. The summed E-state index contributed by atoms with van der Waals surface area (Å²) in [5.74, 6) is 4.50. The molecule has 0 saturated heterocycles. The molecule has 19 heavy (non-hydrogen) atoms. The second-order valence-corrected chi connectivity index (χ2v) is 9.63. The zero-order valence-electron chi connectivity index (χ0n) is 11.6. The summed E-state index contributed by atoms with van der Waals surface area (Å²) in [4.78, 5) is 0. The Hall–Kier alpha value is -0.0900. The molecule has 4 saturated carbocycles. The van der Waals surface area contributed by atoms with E-state index < -0.39 is 0 Å². The number of aromatic nitrogens is 2. The molecule has 0 atom stereocenters. The van der Waals surface area contributed by atoms with Gasteiger partial charge in [-0.25, -0.2) is 0 Å². The van der Waals surface area contributed by atoms with Crippen molar-refractivity contribution >= 4 is 23.1 Å². The summed E-state index contributed by atoms with van der Waals surface area (Å²) >= 11 is 3.68. The second-order valence-electron chi connectivity index (χ2n) is 7.10. The van der Waals surface area contributed by atoms with E-state index in [9.17, 15) is 0 Å². The number of nitrogens with zero attached hydrogens (tertiary/aromatic N) is 2. The van der Waals surface area contributed by atoms with Gasteiger partial charge in [-0.05, 0) is 75.0 Å². The molecular formula is C15H22N2S2. The van der Waals surface area contributed by atoms with Gasteiger partial charge in [-0.2, -0.15) is 0 Å². The van der Waals surface area contributed by atoms with Crippen LogP contribution in [0, 0.1) is 30.1 Å². The van der Waals surface area contributed by atoms with Crippen LogP contribution >= 0.6 is 23.1 Å². The van der Waals surface area contributed by atoms with Crippen LogP contribution < -0.4 is 0 Å². The van der Waals surface area contributed by atoms with Crippen LogP contribution in [-0.2, 0) is 0 Å². The third-order valence-electron chi connectivity index (χ3n) is 5.53. The van der Waals surface area contributed by atoms with Crippen LogP contribution in [0.4, 0.5) is 0 Å². The van der Waals surface area contributed by atoms with Crippen LogP contribution in [0.25, 0.3) is 0 Å². The summed E-state index contributed by atoms with van der Waals surface area (Å²) in [5.41, 5.74) is 0.724. The van der Waals surface area contributed by atoms with Gasteiger partial charge in [0.1, 0.15) is 5.01 Å². The van der Waals surface area contributed by atoms with Crippen LogP contribution in [0.2, 0.25) is 0 Å². The van der Waals surface area contributed by atoms with E-state index in [0.717, 1.165) is 28.2 Å². The highest BCUT2D eigenvalue weighted by Crippen LogP contribution is 2.61. The lowest BCUT2D eigenvalue weighted by atomic mass is 9.49. The van der Waals surface area contributed by atoms with Gasteiger partial charge in [0.2, 0.25) is 0 Å². The van der Waals surface area contributed by atoms with Crippen LogP contribution in [-0.4, -0.2) is 16.0 Å². The van der Waals surface area contributed by atoms with E-state index >= 15 is 0 Å². The Morgan fingerprint density at radius 2 is 1.74 bits per heavy atom. The van der Waals surface area contributed by atoms with E-state index in [-0.39, 0.29) is 0 Å². The molecule has 0 aliphatic heterocycles. The smallest absolute Gasteiger partial charge is 0.143 e. The molecule has 0 radical (unpaired) electrons. The minimum atomic E-state index is 0.724. The normalized spacial score (nSPS) is 39.9. The summed E-state index contributed by atoms with van der Waals surface area (Å²) in [6.07, 6.45) is 10.7. The molecule has 104 valence electrons. The Bertz CT molecular complexity index is 433. The zero-order chi connectivity index (χ0) is 12.9. The molecule has 1 aromatic heterocycles. The fraction of sp³-hybridized carbons (Fsp3) is 0.867. The molecule has 5 rings (SSSR count). The van der Waals surface area contributed by atoms with Crippen molar-refractivity contribution in [1.82, 2.24) is 10.2 Å². The Kier molecular flexibility index (Phi) is 3.14. The van der Waals surface area contributed by atoms with E-state index in [4.69, 9.17) is 0 Å². The minimum Gasteiger partial charge on any atom is -0.143 e. The van der Waals surface area contributed by atoms with Crippen LogP contribution in [0.5, 0.6) is 0 Å². The van der Waals surface area contributed by atoms with E-state index in [1.807, 2.05) is 18.7 Å². The van der Waals surface area contributed by atoms with Gasteiger partial charge >= 0.3 is 0 Å². The molecule has 4 aliphatic rings. The third kappa shape index (κ3) is 2.46. The first-order valence-electron chi connectivity index (χ1n) is 7.64. The maximum Gasteiger partial charge on any atom is 0.174 e. The third-order valence-corrected chi connectivity index (χ3v) is 7.50. The van der Waals surface area contributed by atoms with Crippen molar-refractivity contribution in [2.75, 3.05) is 5.75 Å². The first-order valence-corrected chi connectivity index (χ1v) is 9.44. The predicted molar refractivity (Wildman–Crippen MR) is 80.6 cm³/mol. The quantitative estimate of drug-likeness (QED) is 0.762. The van der Waals surface area contributed by atoms with E-state index in [2.05, 4.69) is 10.2 Å². The van der Waals surface area contributed by atoms with Crippen LogP contribution in [0.1, 0.15) is 50.0 Å². The molecule has 4 fully saturated rings. The summed E-state index contributed by atoms with van der Waals surface area (Å²) in [5, 5.41) is 9.44. The number of thioether (sulfide) groups is 1. The number of hydrogen-bond donors (Lipinski definition) is 0. The van der Waals surface area contributed by atoms with Gasteiger partial charge in [-0.3, -0.25) is 0 Å². The first-order chi connectivity index (χ1) is 9.21. The van der Waals surface area contributed by atoms with Gasteiger partial charge in [0.05, 0.1) is 0 Å². The summed E-state index contributed by atoms with van der Waals surface area (Å²) in [6.45, 7) is 2.04. The highest BCUT2D eigenvalue weighted by molar-refractivity contribution is 8.01. The van der Waals surface area contributed by atoms with Crippen molar-refractivity contribution in [3.05, 3.63) is 5.01 Å². The zero-order valence-corrected chi connectivity index (χ0v) is 13.2. The molecule has 1 aromatic rings. The molecule has 4 bridgehead atoms. The minimum absolute atomic E-state index is 0.724. The molecule has 1 heterocycles. The highest BCUT2D eigenvalue weighted by Gasteiger charge is 2.50. The summed E-state index contributed by atoms with van der Waals surface area (Å²) < 4.78 is 1.17. The molecule has 0 aromatic carbocycles. The van der Waals surface area contributed by atoms with Gasteiger partial charge in [0, 0.05) is 5.75 Å². The molecule has 0 N–H and O–H groups in total. The Balaban J connectivity index is 1.37. The highest BCUT2D eigenvalue weighted by atomic mass is 32.2. The predicted octanol–water partition coefficient (Wildman–Crippen LogP) is 4.55. The van der Waals surface area contributed by atoms with Crippen molar-refractivity contribution < 1.29 is 0 Å². The molecular weight excluding hydrogens is 272 g/mol. The van der Waals surface area contributed by atoms with E-state index in [1.165, 1.54) is 35.8 Å². The second kappa shape index (κ2) is 4.73. The maximum absolute atomic E-state index is 4.23. The van der Waals surface area contributed by atoms with Gasteiger partial charge < -0.3 is 0 Å². The van der Waals surface area contributed by atoms with Gasteiger partial charge in [-0.1, -0.05) is 23.1 Å². The molecule has 0 spiro atoms. The largest absolute Gasteiger partial charge is 0.174 e. The SMILES string of the molecule is Cc1nnc(SCCC23CC4CC(CC(C4)C2)C3)s1. The Morgan fingerprint density at radius 1 is 1.11 bits per heavy atom. The van der Waals surface area contributed by atoms with E-state index in [1.54, 1.807) is 30.6 Å². The van der Waals surface area contributed by atoms with Gasteiger partial charge in [0.25, 0.3) is 0 Å². The molecule has 0 amide bonds. The summed E-state index contributed by atoms with van der Waals surface area (Å²) in [6, 6.07) is 0. The van der Waals surface area contributed by atoms with Crippen molar-refractivity contribution in [2.24, 2.45) is 23.2 Å². The lowest BCUT2D eigenvalue weighted by Crippen LogP contribution is -2.46. The van der Waals surface area contributed by atoms with Crippen molar-refractivity contribution in [3.8, 4) is 0 Å². The molecule has 4 aliphatic carbocycles. The lowest BCUT2D eigenvalue weighted by Gasteiger charge is -2.57. The average Bonchev–Trinajstić information content (AvgIpc) is 2.73. The number of rotatable bonds is 4. The van der Waals surface area contributed by atoms with Gasteiger partial charge in [-0.15, -0.1) is 10.2 Å². The fourth-order valence-corrected chi connectivity index (χ4v) is 7.36. The average molecular weight is 294 g/mol. The lowest BCUT2D eigenvalue weighted by molar-refractivity contribution is -0.0538. The fourth-order valence-electron chi connectivity index (χ4n) is 5.29.